The van der Waals surface area contributed by atoms with Crippen molar-refractivity contribution in [2.75, 3.05) is 11.9 Å². The number of ether oxygens (including phenoxy) is 1. The summed E-state index contributed by atoms with van der Waals surface area (Å²) in [6, 6.07) is 19.2. The molecule has 0 atom stereocenters. The molecule has 3 amide bonds. The van der Waals surface area contributed by atoms with E-state index in [0.29, 0.717) is 16.9 Å². The molecule has 0 aromatic heterocycles. The topological polar surface area (TPSA) is 142 Å². The van der Waals surface area contributed by atoms with Crippen molar-refractivity contribution in [1.29, 1.82) is 0 Å². The van der Waals surface area contributed by atoms with Crippen molar-refractivity contribution in [3.05, 3.63) is 95.1 Å². The lowest BCUT2D eigenvalue weighted by molar-refractivity contribution is -0.118. The second-order valence-electron chi connectivity index (χ2n) is 6.58. The Balaban J connectivity index is 1.62. The number of benzene rings is 3. The highest BCUT2D eigenvalue weighted by Crippen LogP contribution is 2.17. The third-order valence-corrected chi connectivity index (χ3v) is 4.31. The number of carbonyl (C=O) groups excluding carboxylic acids is 4. The Morgan fingerprint density at radius 1 is 0.710 bits per heavy atom. The first kappa shape index (κ1) is 21.3. The number of primary amides is 2. The first-order valence-corrected chi connectivity index (χ1v) is 9.20. The molecule has 0 unspecified atom stereocenters. The van der Waals surface area contributed by atoms with Gasteiger partial charge in [-0.1, -0.05) is 30.3 Å². The van der Waals surface area contributed by atoms with Crippen molar-refractivity contribution in [2.24, 2.45) is 11.5 Å². The summed E-state index contributed by atoms with van der Waals surface area (Å²) in [5.41, 5.74) is 11.8. The second kappa shape index (κ2) is 9.36. The number of carbonyl (C=O) groups is 4. The molecule has 0 saturated heterocycles. The number of hydrogen-bond donors (Lipinski definition) is 3. The Labute approximate surface area is 177 Å². The molecular weight excluding hydrogens is 398 g/mol. The Hall–Kier alpha value is -4.46. The molecule has 31 heavy (non-hydrogen) atoms. The molecule has 0 aliphatic heterocycles. The van der Waals surface area contributed by atoms with Crippen LogP contribution in [0.15, 0.2) is 72.8 Å². The van der Waals surface area contributed by atoms with Crippen LogP contribution in [0, 0.1) is 0 Å². The van der Waals surface area contributed by atoms with E-state index in [1.807, 2.05) is 6.07 Å². The molecule has 0 aliphatic rings. The van der Waals surface area contributed by atoms with Crippen molar-refractivity contribution in [2.45, 2.75) is 0 Å². The Bertz CT molecular complexity index is 1110. The minimum atomic E-state index is -0.764. The van der Waals surface area contributed by atoms with Crippen LogP contribution in [0.2, 0.25) is 0 Å². The summed E-state index contributed by atoms with van der Waals surface area (Å²) in [5.74, 6) is -1.78. The van der Waals surface area contributed by atoms with Crippen LogP contribution in [0.4, 0.5) is 5.69 Å². The fourth-order valence-corrected chi connectivity index (χ4v) is 2.79. The van der Waals surface area contributed by atoms with Crippen LogP contribution in [0.1, 0.15) is 36.6 Å². The molecule has 3 aromatic rings. The summed E-state index contributed by atoms with van der Waals surface area (Å²) in [7, 11) is 0. The maximum Gasteiger partial charge on any atom is 0.262 e. The zero-order valence-corrected chi connectivity index (χ0v) is 16.3. The van der Waals surface area contributed by atoms with Crippen LogP contribution in [0.3, 0.4) is 0 Å². The van der Waals surface area contributed by atoms with Gasteiger partial charge >= 0.3 is 0 Å². The molecular formula is C23H19N3O5. The highest BCUT2D eigenvalue weighted by atomic mass is 16.5. The highest BCUT2D eigenvalue weighted by Gasteiger charge is 2.12. The Morgan fingerprint density at radius 3 is 1.81 bits per heavy atom. The molecule has 8 heteroatoms. The van der Waals surface area contributed by atoms with Crippen molar-refractivity contribution in [1.82, 2.24) is 0 Å². The van der Waals surface area contributed by atoms with E-state index in [1.165, 1.54) is 18.2 Å². The van der Waals surface area contributed by atoms with E-state index >= 15 is 0 Å². The summed E-state index contributed by atoms with van der Waals surface area (Å²) in [5, 5.41) is 2.52. The minimum Gasteiger partial charge on any atom is -0.484 e. The molecule has 3 aromatic carbocycles. The molecule has 0 fully saturated rings. The summed E-state index contributed by atoms with van der Waals surface area (Å²) in [4.78, 5) is 47.4. The van der Waals surface area contributed by atoms with Gasteiger partial charge in [-0.05, 0) is 42.5 Å². The summed E-state index contributed by atoms with van der Waals surface area (Å²) in [6.45, 7) is -0.335. The SMILES string of the molecule is NC(=O)c1cc(NC(=O)COc2ccc(C(=O)c3ccccc3)cc2)cc(C(N)=O)c1. The average molecular weight is 417 g/mol. The lowest BCUT2D eigenvalue weighted by Crippen LogP contribution is -2.22. The van der Waals surface area contributed by atoms with Gasteiger partial charge in [0.05, 0.1) is 0 Å². The van der Waals surface area contributed by atoms with E-state index in [9.17, 15) is 19.2 Å². The van der Waals surface area contributed by atoms with Crippen LogP contribution in [-0.4, -0.2) is 30.1 Å². The number of rotatable bonds is 8. The number of anilines is 1. The second-order valence-corrected chi connectivity index (χ2v) is 6.58. The summed E-state index contributed by atoms with van der Waals surface area (Å²) >= 11 is 0. The highest BCUT2D eigenvalue weighted by molar-refractivity contribution is 6.09. The predicted molar refractivity (Wildman–Crippen MR) is 114 cm³/mol. The molecule has 0 heterocycles. The molecule has 0 spiro atoms. The van der Waals surface area contributed by atoms with Gasteiger partial charge in [0.25, 0.3) is 5.91 Å². The number of hydrogen-bond acceptors (Lipinski definition) is 5. The first-order chi connectivity index (χ1) is 14.8. The van der Waals surface area contributed by atoms with Crippen LogP contribution in [0.5, 0.6) is 5.75 Å². The van der Waals surface area contributed by atoms with Crippen LogP contribution < -0.4 is 21.5 Å². The maximum absolute atomic E-state index is 12.4. The Morgan fingerprint density at radius 2 is 1.26 bits per heavy atom. The third kappa shape index (κ3) is 5.54. The van der Waals surface area contributed by atoms with Crippen molar-refractivity contribution < 1.29 is 23.9 Å². The molecule has 5 N–H and O–H groups in total. The van der Waals surface area contributed by atoms with Gasteiger partial charge in [0.1, 0.15) is 5.75 Å². The van der Waals surface area contributed by atoms with E-state index in [2.05, 4.69) is 5.32 Å². The molecule has 8 nitrogen and oxygen atoms in total. The van der Waals surface area contributed by atoms with Gasteiger partial charge in [0.15, 0.2) is 12.4 Å². The van der Waals surface area contributed by atoms with Gasteiger partial charge in [-0.3, -0.25) is 19.2 Å². The van der Waals surface area contributed by atoms with Gasteiger partial charge in [-0.15, -0.1) is 0 Å². The quantitative estimate of drug-likeness (QED) is 0.481. The smallest absolute Gasteiger partial charge is 0.262 e. The van der Waals surface area contributed by atoms with Crippen LogP contribution in [0.25, 0.3) is 0 Å². The van der Waals surface area contributed by atoms with E-state index in [0.717, 1.165) is 0 Å². The van der Waals surface area contributed by atoms with E-state index in [4.69, 9.17) is 16.2 Å². The first-order valence-electron chi connectivity index (χ1n) is 9.20. The van der Waals surface area contributed by atoms with Crippen LogP contribution in [-0.2, 0) is 4.79 Å². The molecule has 0 saturated carbocycles. The maximum atomic E-state index is 12.4. The van der Waals surface area contributed by atoms with Gasteiger partial charge < -0.3 is 21.5 Å². The van der Waals surface area contributed by atoms with Crippen molar-refractivity contribution in [3.8, 4) is 5.75 Å². The normalized spacial score (nSPS) is 10.2. The number of amides is 3. The van der Waals surface area contributed by atoms with E-state index in [1.54, 1.807) is 48.5 Å². The lowest BCUT2D eigenvalue weighted by atomic mass is 10.0. The number of nitrogens with two attached hydrogens (primary N) is 2. The fraction of sp³-hybridized carbons (Fsp3) is 0.0435. The van der Waals surface area contributed by atoms with Crippen LogP contribution >= 0.6 is 0 Å². The third-order valence-electron chi connectivity index (χ3n) is 4.31. The van der Waals surface area contributed by atoms with E-state index < -0.39 is 17.7 Å². The Kier molecular flexibility index (Phi) is 6.42. The molecule has 3 rings (SSSR count). The minimum absolute atomic E-state index is 0.0335. The van der Waals surface area contributed by atoms with Gasteiger partial charge in [0, 0.05) is 27.9 Å². The fourth-order valence-electron chi connectivity index (χ4n) is 2.79. The van der Waals surface area contributed by atoms with Gasteiger partial charge in [-0.25, -0.2) is 0 Å². The van der Waals surface area contributed by atoms with Crippen molar-refractivity contribution >= 4 is 29.2 Å². The zero-order valence-electron chi connectivity index (χ0n) is 16.3. The monoisotopic (exact) mass is 417 g/mol. The largest absolute Gasteiger partial charge is 0.484 e. The number of nitrogens with one attached hydrogen (secondary N) is 1. The lowest BCUT2D eigenvalue weighted by Gasteiger charge is -2.10. The average Bonchev–Trinajstić information content (AvgIpc) is 2.78. The zero-order chi connectivity index (χ0) is 22.4. The van der Waals surface area contributed by atoms with Crippen molar-refractivity contribution in [3.63, 3.8) is 0 Å². The molecule has 0 aliphatic carbocycles. The summed E-state index contributed by atoms with van der Waals surface area (Å²) in [6.07, 6.45) is 0. The summed E-state index contributed by atoms with van der Waals surface area (Å²) < 4.78 is 5.43. The molecule has 0 bridgehead atoms. The molecule has 0 radical (unpaired) electrons. The molecule has 156 valence electrons. The predicted octanol–water partition coefficient (Wildman–Crippen LogP) is 2.13. The van der Waals surface area contributed by atoms with Gasteiger partial charge in [-0.2, -0.15) is 0 Å². The van der Waals surface area contributed by atoms with E-state index in [-0.39, 0.29) is 29.2 Å². The standard InChI is InChI=1S/C23H19N3O5/c24-22(29)16-10-17(23(25)30)12-18(11-16)26-20(27)13-31-19-8-6-15(7-9-19)21(28)14-4-2-1-3-5-14/h1-12H,13H2,(H2,24,29)(H2,25,30)(H,26,27). The number of ketones is 1. The van der Waals surface area contributed by atoms with Gasteiger partial charge in [0.2, 0.25) is 11.8 Å².